The van der Waals surface area contributed by atoms with Crippen LogP contribution in [-0.4, -0.2) is 42.5 Å². The first-order valence-electron chi connectivity index (χ1n) is 5.23. The van der Waals surface area contributed by atoms with Gasteiger partial charge in [0.25, 0.3) is 0 Å². The van der Waals surface area contributed by atoms with E-state index in [1.807, 2.05) is 25.1 Å². The number of halogens is 1. The van der Waals surface area contributed by atoms with Crippen LogP contribution in [0.4, 0.5) is 4.39 Å². The van der Waals surface area contributed by atoms with Crippen molar-refractivity contribution in [2.24, 2.45) is 0 Å². The SMILES string of the molecule is CN(C)CC(O)CSCc1cccc(F)c1. The minimum atomic E-state index is -0.325. The third-order valence-electron chi connectivity index (χ3n) is 2.04. The molecular formula is C12H18FNOS. The molecule has 0 saturated carbocycles. The van der Waals surface area contributed by atoms with Gasteiger partial charge in [-0.25, -0.2) is 4.39 Å². The fourth-order valence-electron chi connectivity index (χ4n) is 1.41. The molecule has 0 aromatic heterocycles. The maximum absolute atomic E-state index is 12.9. The molecule has 0 heterocycles. The highest BCUT2D eigenvalue weighted by molar-refractivity contribution is 7.98. The number of thioether (sulfide) groups is 1. The Morgan fingerprint density at radius 2 is 2.19 bits per heavy atom. The van der Waals surface area contributed by atoms with Gasteiger partial charge in [-0.15, -0.1) is 0 Å². The summed E-state index contributed by atoms with van der Waals surface area (Å²) in [6.45, 7) is 0.663. The smallest absolute Gasteiger partial charge is 0.123 e. The van der Waals surface area contributed by atoms with E-state index in [0.717, 1.165) is 11.3 Å². The fourth-order valence-corrected chi connectivity index (χ4v) is 2.32. The normalized spacial score (nSPS) is 13.1. The first-order chi connectivity index (χ1) is 7.58. The Bertz CT molecular complexity index is 320. The van der Waals surface area contributed by atoms with Crippen molar-refractivity contribution < 1.29 is 9.50 Å². The Morgan fingerprint density at radius 1 is 1.44 bits per heavy atom. The molecule has 1 aromatic rings. The Kier molecular flexibility index (Phi) is 5.80. The van der Waals surface area contributed by atoms with Gasteiger partial charge in [-0.3, -0.25) is 0 Å². The van der Waals surface area contributed by atoms with Crippen LogP contribution in [0.3, 0.4) is 0 Å². The third kappa shape index (κ3) is 5.49. The van der Waals surface area contributed by atoms with E-state index in [4.69, 9.17) is 0 Å². The Balaban J connectivity index is 2.25. The third-order valence-corrected chi connectivity index (χ3v) is 3.20. The average Bonchev–Trinajstić information content (AvgIpc) is 2.16. The molecule has 0 radical (unpaired) electrons. The summed E-state index contributed by atoms with van der Waals surface area (Å²) < 4.78 is 12.9. The van der Waals surface area contributed by atoms with Gasteiger partial charge in [0.2, 0.25) is 0 Å². The number of aliphatic hydroxyl groups is 1. The number of rotatable bonds is 6. The first-order valence-corrected chi connectivity index (χ1v) is 6.38. The zero-order valence-corrected chi connectivity index (χ0v) is 10.5. The molecule has 2 nitrogen and oxygen atoms in total. The first kappa shape index (κ1) is 13.5. The van der Waals surface area contributed by atoms with Crippen LogP contribution in [0.5, 0.6) is 0 Å². The molecule has 1 rings (SSSR count). The summed E-state index contributed by atoms with van der Waals surface area (Å²) in [5.74, 6) is 1.21. The second kappa shape index (κ2) is 6.89. The molecule has 0 bridgehead atoms. The lowest BCUT2D eigenvalue weighted by molar-refractivity contribution is 0.158. The van der Waals surface area contributed by atoms with Crippen molar-refractivity contribution in [1.29, 1.82) is 0 Å². The predicted octanol–water partition coefficient (Wildman–Crippen LogP) is 1.98. The quantitative estimate of drug-likeness (QED) is 0.826. The number of aliphatic hydroxyl groups excluding tert-OH is 1. The van der Waals surface area contributed by atoms with Crippen LogP contribution in [0, 0.1) is 5.82 Å². The lowest BCUT2D eigenvalue weighted by Gasteiger charge is -2.15. The van der Waals surface area contributed by atoms with Gasteiger partial charge in [0.1, 0.15) is 5.82 Å². The van der Waals surface area contributed by atoms with Crippen LogP contribution in [0.25, 0.3) is 0 Å². The molecule has 1 aromatic carbocycles. The number of benzene rings is 1. The van der Waals surface area contributed by atoms with E-state index in [-0.39, 0.29) is 11.9 Å². The van der Waals surface area contributed by atoms with Crippen molar-refractivity contribution in [1.82, 2.24) is 4.90 Å². The second-order valence-electron chi connectivity index (χ2n) is 4.06. The van der Waals surface area contributed by atoms with Gasteiger partial charge in [-0.05, 0) is 31.8 Å². The number of nitrogens with zero attached hydrogens (tertiary/aromatic N) is 1. The highest BCUT2D eigenvalue weighted by Crippen LogP contribution is 2.14. The van der Waals surface area contributed by atoms with Crippen LogP contribution in [0.1, 0.15) is 5.56 Å². The molecule has 16 heavy (non-hydrogen) atoms. The van der Waals surface area contributed by atoms with Crippen LogP contribution in [0.15, 0.2) is 24.3 Å². The van der Waals surface area contributed by atoms with Gasteiger partial charge >= 0.3 is 0 Å². The van der Waals surface area contributed by atoms with Gasteiger partial charge in [0, 0.05) is 18.1 Å². The van der Waals surface area contributed by atoms with Crippen molar-refractivity contribution in [3.63, 3.8) is 0 Å². The summed E-state index contributed by atoms with van der Waals surface area (Å²) in [6, 6.07) is 6.58. The lowest BCUT2D eigenvalue weighted by atomic mass is 10.2. The van der Waals surface area contributed by atoms with E-state index < -0.39 is 0 Å². The lowest BCUT2D eigenvalue weighted by Crippen LogP contribution is -2.27. The molecule has 0 spiro atoms. The second-order valence-corrected chi connectivity index (χ2v) is 5.09. The standard InChI is InChI=1S/C12H18FNOS/c1-14(2)7-12(15)9-16-8-10-4-3-5-11(13)6-10/h3-6,12,15H,7-9H2,1-2H3. The number of hydrogen-bond donors (Lipinski definition) is 1. The average molecular weight is 243 g/mol. The van der Waals surface area contributed by atoms with Crippen LogP contribution in [0.2, 0.25) is 0 Å². The maximum atomic E-state index is 12.9. The Hall–Kier alpha value is -0.580. The number of hydrogen-bond acceptors (Lipinski definition) is 3. The molecule has 4 heteroatoms. The van der Waals surface area contributed by atoms with Crippen molar-refractivity contribution in [2.75, 3.05) is 26.4 Å². The minimum absolute atomic E-state index is 0.202. The molecule has 0 aliphatic carbocycles. The summed E-state index contributed by atoms with van der Waals surface area (Å²) in [4.78, 5) is 1.95. The van der Waals surface area contributed by atoms with E-state index in [9.17, 15) is 9.50 Å². The van der Waals surface area contributed by atoms with E-state index in [1.54, 1.807) is 17.8 Å². The molecule has 0 saturated heterocycles. The molecule has 90 valence electrons. The molecule has 1 atom stereocenters. The van der Waals surface area contributed by atoms with Gasteiger partial charge in [-0.1, -0.05) is 12.1 Å². The van der Waals surface area contributed by atoms with Crippen LogP contribution < -0.4 is 0 Å². The van der Waals surface area contributed by atoms with Crippen molar-refractivity contribution in [3.8, 4) is 0 Å². The monoisotopic (exact) mass is 243 g/mol. The van der Waals surface area contributed by atoms with Crippen molar-refractivity contribution in [2.45, 2.75) is 11.9 Å². The van der Waals surface area contributed by atoms with Gasteiger partial charge < -0.3 is 10.0 Å². The highest BCUT2D eigenvalue weighted by Gasteiger charge is 2.05. The summed E-state index contributed by atoms with van der Waals surface area (Å²) in [5.41, 5.74) is 0.960. The van der Waals surface area contributed by atoms with Crippen molar-refractivity contribution in [3.05, 3.63) is 35.6 Å². The topological polar surface area (TPSA) is 23.5 Å². The zero-order chi connectivity index (χ0) is 12.0. The molecule has 1 unspecified atom stereocenters. The fraction of sp³-hybridized carbons (Fsp3) is 0.500. The van der Waals surface area contributed by atoms with E-state index in [2.05, 4.69) is 0 Å². The molecule has 0 aliphatic heterocycles. The summed E-state index contributed by atoms with van der Waals surface area (Å²) in [5, 5.41) is 9.62. The summed E-state index contributed by atoms with van der Waals surface area (Å²) in [6.07, 6.45) is -0.325. The minimum Gasteiger partial charge on any atom is -0.391 e. The van der Waals surface area contributed by atoms with Gasteiger partial charge in [-0.2, -0.15) is 11.8 Å². The van der Waals surface area contributed by atoms with E-state index >= 15 is 0 Å². The van der Waals surface area contributed by atoms with Gasteiger partial charge in [0.05, 0.1) is 6.10 Å². The van der Waals surface area contributed by atoms with Crippen molar-refractivity contribution >= 4 is 11.8 Å². The molecular weight excluding hydrogens is 225 g/mol. The largest absolute Gasteiger partial charge is 0.391 e. The predicted molar refractivity (Wildman–Crippen MR) is 67.1 cm³/mol. The van der Waals surface area contributed by atoms with Gasteiger partial charge in [0.15, 0.2) is 0 Å². The van der Waals surface area contributed by atoms with Crippen LogP contribution in [-0.2, 0) is 5.75 Å². The highest BCUT2D eigenvalue weighted by atomic mass is 32.2. The molecule has 0 fully saturated rings. The van der Waals surface area contributed by atoms with E-state index in [1.165, 1.54) is 12.1 Å². The zero-order valence-electron chi connectivity index (χ0n) is 9.69. The number of likely N-dealkylation sites (N-methyl/N-ethyl adjacent to an activating group) is 1. The molecule has 0 amide bonds. The van der Waals surface area contributed by atoms with E-state index in [0.29, 0.717) is 12.3 Å². The summed E-state index contributed by atoms with van der Waals surface area (Å²) >= 11 is 1.62. The Morgan fingerprint density at radius 3 is 2.81 bits per heavy atom. The maximum Gasteiger partial charge on any atom is 0.123 e. The summed E-state index contributed by atoms with van der Waals surface area (Å²) in [7, 11) is 3.86. The Labute approximate surface area is 100 Å². The van der Waals surface area contributed by atoms with Crippen LogP contribution >= 0.6 is 11.8 Å². The molecule has 1 N–H and O–H groups in total. The molecule has 0 aliphatic rings.